The number of carbonyl (C=O) groups is 2. The number of nitriles is 1. The second kappa shape index (κ2) is 8.09. The van der Waals surface area contributed by atoms with Crippen molar-refractivity contribution in [2.75, 3.05) is 5.75 Å². The van der Waals surface area contributed by atoms with Crippen molar-refractivity contribution in [3.05, 3.63) is 45.2 Å². The van der Waals surface area contributed by atoms with Crippen molar-refractivity contribution in [3.8, 4) is 6.07 Å². The third-order valence-corrected chi connectivity index (χ3v) is 5.87. The van der Waals surface area contributed by atoms with Crippen molar-refractivity contribution < 1.29 is 14.7 Å². The molecule has 120 valence electrons. The first-order valence-electron chi connectivity index (χ1n) is 7.14. The zero-order valence-electron chi connectivity index (χ0n) is 12.5. The molecular weight excluding hydrogens is 332 g/mol. The smallest absolute Gasteiger partial charge is 0.335 e. The van der Waals surface area contributed by atoms with Gasteiger partial charge in [0.25, 0.3) is 5.91 Å². The number of carboxylic acid groups (broad SMARTS) is 1. The van der Waals surface area contributed by atoms with Crippen LogP contribution in [-0.2, 0) is 4.79 Å². The lowest BCUT2D eigenvalue weighted by Gasteiger charge is -2.25. The van der Waals surface area contributed by atoms with E-state index in [0.29, 0.717) is 0 Å². The lowest BCUT2D eigenvalue weighted by molar-refractivity contribution is -0.117. The highest BCUT2D eigenvalue weighted by Gasteiger charge is 2.29. The predicted octanol–water partition coefficient (Wildman–Crippen LogP) is 3.51. The van der Waals surface area contributed by atoms with E-state index in [1.807, 2.05) is 6.07 Å². The third-order valence-electron chi connectivity index (χ3n) is 3.22. The average Bonchev–Trinajstić information content (AvgIpc) is 2.55. The minimum absolute atomic E-state index is 0.162. The van der Waals surface area contributed by atoms with Gasteiger partial charge in [0.05, 0.1) is 9.80 Å². The Kier molecular flexibility index (Phi) is 6.13. The van der Waals surface area contributed by atoms with Crippen LogP contribution in [0.3, 0.4) is 0 Å². The summed E-state index contributed by atoms with van der Waals surface area (Å²) in [5.74, 6) is -0.501. The van der Waals surface area contributed by atoms with Gasteiger partial charge in [0.15, 0.2) is 0 Å². The highest BCUT2D eigenvalue weighted by Crippen LogP contribution is 2.43. The maximum absolute atomic E-state index is 12.1. The van der Waals surface area contributed by atoms with Crippen molar-refractivity contribution in [2.45, 2.75) is 25.1 Å². The van der Waals surface area contributed by atoms with E-state index in [1.165, 1.54) is 35.7 Å². The van der Waals surface area contributed by atoms with E-state index in [9.17, 15) is 14.9 Å². The van der Waals surface area contributed by atoms with Gasteiger partial charge in [-0.2, -0.15) is 5.26 Å². The summed E-state index contributed by atoms with van der Waals surface area (Å²) in [6, 6.07) is 8.37. The molecule has 2 rings (SSSR count). The number of benzene rings is 1. The molecule has 0 spiro atoms. The van der Waals surface area contributed by atoms with Gasteiger partial charge >= 0.3 is 5.97 Å². The monoisotopic (exact) mass is 348 g/mol. The van der Waals surface area contributed by atoms with Crippen molar-refractivity contribution in [2.24, 2.45) is 0 Å². The van der Waals surface area contributed by atoms with Crippen LogP contribution in [0.2, 0.25) is 0 Å². The van der Waals surface area contributed by atoms with Crippen molar-refractivity contribution in [1.82, 2.24) is 5.32 Å². The zero-order valence-corrected chi connectivity index (χ0v) is 14.2. The highest BCUT2D eigenvalue weighted by atomic mass is 32.2. The lowest BCUT2D eigenvalue weighted by Crippen LogP contribution is -2.31. The number of nitrogens with one attached hydrogen (secondary N) is 1. The predicted molar refractivity (Wildman–Crippen MR) is 91.9 cm³/mol. The second-order valence-electron chi connectivity index (χ2n) is 4.87. The molecule has 0 saturated carbocycles. The van der Waals surface area contributed by atoms with Crippen molar-refractivity contribution in [3.63, 3.8) is 0 Å². The summed E-state index contributed by atoms with van der Waals surface area (Å²) in [4.78, 5) is 23.0. The summed E-state index contributed by atoms with van der Waals surface area (Å²) in [5, 5.41) is 20.6. The minimum Gasteiger partial charge on any atom is -0.478 e. The molecule has 0 fully saturated rings. The van der Waals surface area contributed by atoms with E-state index in [1.54, 1.807) is 12.1 Å². The van der Waals surface area contributed by atoms with Crippen LogP contribution < -0.4 is 5.32 Å². The summed E-state index contributed by atoms with van der Waals surface area (Å²) in [5.41, 5.74) is 1.17. The van der Waals surface area contributed by atoms with Crippen LogP contribution in [0.25, 0.3) is 0 Å². The van der Waals surface area contributed by atoms with Gasteiger partial charge in [-0.25, -0.2) is 4.79 Å². The number of thioether (sulfide) groups is 2. The first kappa shape index (κ1) is 17.4. The molecule has 1 heterocycles. The van der Waals surface area contributed by atoms with E-state index in [0.717, 1.165) is 28.4 Å². The van der Waals surface area contributed by atoms with Crippen LogP contribution in [0.5, 0.6) is 0 Å². The maximum Gasteiger partial charge on any atom is 0.335 e. The number of nitrogens with zero attached hydrogens (tertiary/aromatic N) is 1. The topological polar surface area (TPSA) is 90.2 Å². The normalized spacial score (nSPS) is 17.6. The lowest BCUT2D eigenvalue weighted by atomic mass is 10.1. The van der Waals surface area contributed by atoms with Gasteiger partial charge in [-0.05, 0) is 29.9 Å². The van der Waals surface area contributed by atoms with Crippen LogP contribution in [0.4, 0.5) is 0 Å². The number of aromatic carboxylic acids is 1. The number of unbranched alkanes of at least 4 members (excludes halogenated alkanes) is 1. The number of carboxylic acids is 1. The largest absolute Gasteiger partial charge is 0.478 e. The molecule has 0 aromatic heterocycles. The molecule has 1 aliphatic rings. The van der Waals surface area contributed by atoms with Gasteiger partial charge in [-0.15, -0.1) is 11.8 Å². The Hall–Kier alpha value is -1.91. The van der Waals surface area contributed by atoms with E-state index in [4.69, 9.17) is 5.11 Å². The number of amides is 1. The molecular formula is C16H16N2O3S2. The Morgan fingerprint density at radius 3 is 2.70 bits per heavy atom. The van der Waals surface area contributed by atoms with Crippen LogP contribution >= 0.6 is 23.5 Å². The van der Waals surface area contributed by atoms with Gasteiger partial charge in [0.1, 0.15) is 17.0 Å². The van der Waals surface area contributed by atoms with E-state index < -0.39 is 5.97 Å². The quantitative estimate of drug-likeness (QED) is 0.765. The Balaban J connectivity index is 2.19. The van der Waals surface area contributed by atoms with Gasteiger partial charge in [-0.3, -0.25) is 4.79 Å². The Morgan fingerprint density at radius 1 is 1.43 bits per heavy atom. The minimum atomic E-state index is -0.987. The van der Waals surface area contributed by atoms with Crippen LogP contribution in [0.15, 0.2) is 34.1 Å². The number of rotatable bonds is 6. The highest BCUT2D eigenvalue weighted by molar-refractivity contribution is 8.22. The molecule has 1 aromatic rings. The fourth-order valence-corrected chi connectivity index (χ4v) is 4.58. The van der Waals surface area contributed by atoms with E-state index in [-0.39, 0.29) is 22.4 Å². The van der Waals surface area contributed by atoms with Gasteiger partial charge < -0.3 is 10.4 Å². The third kappa shape index (κ3) is 4.30. The first-order valence-corrected chi connectivity index (χ1v) is 9.01. The fraction of sp³-hybridized carbons (Fsp3) is 0.312. The zero-order chi connectivity index (χ0) is 16.8. The SMILES string of the molecule is CCCCSC1=C(C#N)C(=O)N[C@H](c2ccc(C(=O)O)cc2)S1. The van der Waals surface area contributed by atoms with Gasteiger partial charge in [-0.1, -0.05) is 37.2 Å². The Bertz CT molecular complexity index is 678. The standard InChI is InChI=1S/C16H16N2O3S2/c1-2-3-8-22-16-12(9-17)13(19)18-14(23-16)10-4-6-11(7-5-10)15(20)21/h4-7,14H,2-3,8H2,1H3,(H,18,19)(H,20,21)/t14-/m0/s1. The van der Waals surface area contributed by atoms with E-state index in [2.05, 4.69) is 12.2 Å². The Labute approximate surface area is 143 Å². The Morgan fingerprint density at radius 2 is 2.13 bits per heavy atom. The van der Waals surface area contributed by atoms with E-state index >= 15 is 0 Å². The first-order chi connectivity index (χ1) is 11.1. The van der Waals surface area contributed by atoms with Crippen molar-refractivity contribution in [1.29, 1.82) is 5.26 Å². The molecule has 1 aromatic carbocycles. The second-order valence-corrected chi connectivity index (χ2v) is 7.35. The molecule has 2 N–H and O–H groups in total. The summed E-state index contributed by atoms with van der Waals surface area (Å²) >= 11 is 2.96. The summed E-state index contributed by atoms with van der Waals surface area (Å²) in [7, 11) is 0. The number of hydrogen-bond acceptors (Lipinski definition) is 5. The number of carbonyl (C=O) groups excluding carboxylic acids is 1. The molecule has 0 radical (unpaired) electrons. The summed E-state index contributed by atoms with van der Waals surface area (Å²) < 4.78 is 0.733. The number of hydrogen-bond donors (Lipinski definition) is 2. The van der Waals surface area contributed by atoms with Crippen LogP contribution in [-0.4, -0.2) is 22.7 Å². The summed E-state index contributed by atoms with van der Waals surface area (Å²) in [6.07, 6.45) is 2.08. The molecule has 5 nitrogen and oxygen atoms in total. The average molecular weight is 348 g/mol. The molecule has 1 amide bonds. The molecule has 0 bridgehead atoms. The van der Waals surface area contributed by atoms with Gasteiger partial charge in [0, 0.05) is 0 Å². The molecule has 0 aliphatic carbocycles. The molecule has 1 atom stereocenters. The van der Waals surface area contributed by atoms with Crippen LogP contribution in [0, 0.1) is 11.3 Å². The molecule has 23 heavy (non-hydrogen) atoms. The molecule has 0 unspecified atom stereocenters. The maximum atomic E-state index is 12.1. The summed E-state index contributed by atoms with van der Waals surface area (Å²) in [6.45, 7) is 2.09. The fourth-order valence-electron chi connectivity index (χ4n) is 1.94. The van der Waals surface area contributed by atoms with Crippen molar-refractivity contribution >= 4 is 35.4 Å². The van der Waals surface area contributed by atoms with Crippen LogP contribution in [0.1, 0.15) is 41.1 Å². The van der Waals surface area contributed by atoms with Gasteiger partial charge in [0.2, 0.25) is 0 Å². The molecule has 0 saturated heterocycles. The molecule has 1 aliphatic heterocycles. The molecule has 7 heteroatoms.